The highest BCUT2D eigenvalue weighted by atomic mass is 35.5. The van der Waals surface area contributed by atoms with Gasteiger partial charge in [0.2, 0.25) is 11.6 Å². The maximum Gasteiger partial charge on any atom is 0.271 e. The Morgan fingerprint density at radius 1 is 1.24 bits per heavy atom. The molecule has 148 valence electrons. The molecule has 6 nitrogen and oxygen atoms in total. The fraction of sp³-hybridized carbons (Fsp3) is 0.227. The van der Waals surface area contributed by atoms with Crippen LogP contribution in [0.3, 0.4) is 0 Å². The molecule has 1 N–H and O–H groups in total. The zero-order valence-electron chi connectivity index (χ0n) is 15.9. The molecule has 1 atom stereocenters. The molecule has 4 rings (SSSR count). The standard InChI is InChI=1S/C22H20ClN3O3/c1-3-13-25-20(28)15-7-4-5-10-18(15)26-19(27)11-12-22(25,26)21(29)24-17-9-6-8-16(23)14(17)2/h3-10H,1,11-13H2,2H3,(H,24,29)/t22-/m0/s1. The number of carbonyl (C=O) groups is 3. The second-order valence-corrected chi connectivity index (χ2v) is 7.54. The number of nitrogens with zero attached hydrogens (tertiary/aromatic N) is 2. The second-order valence-electron chi connectivity index (χ2n) is 7.13. The van der Waals surface area contributed by atoms with Crippen molar-refractivity contribution in [3.63, 3.8) is 0 Å². The summed E-state index contributed by atoms with van der Waals surface area (Å²) in [6.07, 6.45) is 1.93. The van der Waals surface area contributed by atoms with Gasteiger partial charge >= 0.3 is 0 Å². The summed E-state index contributed by atoms with van der Waals surface area (Å²) < 4.78 is 0. The highest BCUT2D eigenvalue weighted by Crippen LogP contribution is 2.45. The molecule has 7 heteroatoms. The molecule has 0 aliphatic carbocycles. The molecule has 0 unspecified atom stereocenters. The van der Waals surface area contributed by atoms with Crippen LogP contribution in [-0.4, -0.2) is 34.8 Å². The van der Waals surface area contributed by atoms with Crippen LogP contribution in [0.25, 0.3) is 0 Å². The Morgan fingerprint density at radius 3 is 2.76 bits per heavy atom. The summed E-state index contributed by atoms with van der Waals surface area (Å²) in [5, 5.41) is 3.42. The van der Waals surface area contributed by atoms with E-state index in [0.717, 1.165) is 0 Å². The van der Waals surface area contributed by atoms with Gasteiger partial charge in [-0.25, -0.2) is 0 Å². The van der Waals surface area contributed by atoms with Crippen LogP contribution in [0.5, 0.6) is 0 Å². The van der Waals surface area contributed by atoms with E-state index in [1.807, 2.05) is 0 Å². The average Bonchev–Trinajstić information content (AvgIpc) is 3.07. The van der Waals surface area contributed by atoms with Crippen molar-refractivity contribution in [3.05, 3.63) is 71.3 Å². The Balaban J connectivity index is 1.86. The van der Waals surface area contributed by atoms with Gasteiger partial charge in [0.1, 0.15) is 0 Å². The van der Waals surface area contributed by atoms with Crippen molar-refractivity contribution in [2.24, 2.45) is 0 Å². The van der Waals surface area contributed by atoms with Gasteiger partial charge in [0.05, 0.1) is 11.3 Å². The molecule has 1 fully saturated rings. The molecule has 2 heterocycles. The summed E-state index contributed by atoms with van der Waals surface area (Å²) in [6, 6.07) is 12.1. The van der Waals surface area contributed by atoms with Gasteiger partial charge in [0.15, 0.2) is 0 Å². The van der Waals surface area contributed by atoms with Crippen molar-refractivity contribution >= 4 is 40.7 Å². The third-order valence-corrected chi connectivity index (χ3v) is 5.97. The van der Waals surface area contributed by atoms with E-state index in [1.165, 1.54) is 9.80 Å². The maximum absolute atomic E-state index is 13.6. The molecule has 2 aliphatic heterocycles. The predicted molar refractivity (Wildman–Crippen MR) is 112 cm³/mol. The summed E-state index contributed by atoms with van der Waals surface area (Å²) in [4.78, 5) is 42.7. The van der Waals surface area contributed by atoms with Gasteiger partial charge in [0.25, 0.3) is 11.8 Å². The smallest absolute Gasteiger partial charge is 0.271 e. The molecule has 2 aromatic rings. The second kappa shape index (κ2) is 7.04. The van der Waals surface area contributed by atoms with Crippen LogP contribution in [0.2, 0.25) is 5.02 Å². The first kappa shape index (κ1) is 19.2. The summed E-state index contributed by atoms with van der Waals surface area (Å²) >= 11 is 6.19. The molecule has 0 radical (unpaired) electrons. The van der Waals surface area contributed by atoms with E-state index in [4.69, 9.17) is 11.6 Å². The number of nitrogens with one attached hydrogen (secondary N) is 1. The van der Waals surface area contributed by atoms with Gasteiger partial charge in [-0.3, -0.25) is 19.3 Å². The average molecular weight is 410 g/mol. The van der Waals surface area contributed by atoms with Crippen LogP contribution in [0, 0.1) is 6.92 Å². The molecule has 0 aromatic heterocycles. The minimum absolute atomic E-state index is 0.138. The van der Waals surface area contributed by atoms with Crippen LogP contribution in [0.4, 0.5) is 11.4 Å². The number of benzene rings is 2. The number of rotatable bonds is 4. The van der Waals surface area contributed by atoms with Crippen LogP contribution in [0.1, 0.15) is 28.8 Å². The minimum Gasteiger partial charge on any atom is -0.322 e. The van der Waals surface area contributed by atoms with E-state index in [9.17, 15) is 14.4 Å². The van der Waals surface area contributed by atoms with Crippen LogP contribution in [0.15, 0.2) is 55.1 Å². The van der Waals surface area contributed by atoms with Crippen molar-refractivity contribution in [2.75, 3.05) is 16.8 Å². The Kier molecular flexibility index (Phi) is 4.67. The molecule has 1 saturated heterocycles. The van der Waals surface area contributed by atoms with Gasteiger partial charge in [-0.2, -0.15) is 0 Å². The fourth-order valence-corrected chi connectivity index (χ4v) is 4.30. The van der Waals surface area contributed by atoms with Crippen molar-refractivity contribution in [1.82, 2.24) is 4.90 Å². The quantitative estimate of drug-likeness (QED) is 0.782. The molecule has 2 aliphatic rings. The lowest BCUT2D eigenvalue weighted by Gasteiger charge is -2.48. The number of halogens is 1. The number of amides is 3. The molecule has 0 spiro atoms. The number of anilines is 2. The van der Waals surface area contributed by atoms with Gasteiger partial charge in [-0.1, -0.05) is 35.9 Å². The number of carbonyl (C=O) groups excluding carboxylic acids is 3. The first-order valence-corrected chi connectivity index (χ1v) is 9.71. The molecule has 29 heavy (non-hydrogen) atoms. The maximum atomic E-state index is 13.6. The molecular weight excluding hydrogens is 390 g/mol. The number of fused-ring (bicyclic) bond motifs is 3. The lowest BCUT2D eigenvalue weighted by atomic mass is 9.95. The van der Waals surface area contributed by atoms with E-state index >= 15 is 0 Å². The first-order valence-electron chi connectivity index (χ1n) is 9.33. The largest absolute Gasteiger partial charge is 0.322 e. The number of hydrogen-bond donors (Lipinski definition) is 1. The molecule has 0 saturated carbocycles. The zero-order chi connectivity index (χ0) is 20.8. The summed E-state index contributed by atoms with van der Waals surface area (Å²) in [7, 11) is 0. The van der Waals surface area contributed by atoms with E-state index in [0.29, 0.717) is 27.5 Å². The third kappa shape index (κ3) is 2.75. The lowest BCUT2D eigenvalue weighted by molar-refractivity contribution is -0.128. The number of hydrogen-bond acceptors (Lipinski definition) is 3. The minimum atomic E-state index is -1.45. The normalized spacial score (nSPS) is 20.3. The van der Waals surface area contributed by atoms with Gasteiger partial charge in [0, 0.05) is 30.1 Å². The SMILES string of the molecule is C=CCN1C(=O)c2ccccc2N2C(=O)CC[C@]12C(=O)Nc1cccc(Cl)c1C. The Labute approximate surface area is 173 Å². The molecule has 3 amide bonds. The molecular formula is C22H20ClN3O3. The first-order chi connectivity index (χ1) is 13.9. The zero-order valence-corrected chi connectivity index (χ0v) is 16.7. The van der Waals surface area contributed by atoms with E-state index in [-0.39, 0.29) is 31.2 Å². The Bertz CT molecular complexity index is 1050. The van der Waals surface area contributed by atoms with Crippen molar-refractivity contribution in [3.8, 4) is 0 Å². The Morgan fingerprint density at radius 2 is 2.00 bits per heavy atom. The van der Waals surface area contributed by atoms with Crippen molar-refractivity contribution in [1.29, 1.82) is 0 Å². The third-order valence-electron chi connectivity index (χ3n) is 5.57. The molecule has 2 aromatic carbocycles. The van der Waals surface area contributed by atoms with Crippen LogP contribution < -0.4 is 10.2 Å². The lowest BCUT2D eigenvalue weighted by Crippen LogP contribution is -2.69. The summed E-state index contributed by atoms with van der Waals surface area (Å²) in [5.74, 6) is -0.945. The van der Waals surface area contributed by atoms with E-state index in [2.05, 4.69) is 11.9 Å². The van der Waals surface area contributed by atoms with Crippen molar-refractivity contribution < 1.29 is 14.4 Å². The monoisotopic (exact) mass is 409 g/mol. The van der Waals surface area contributed by atoms with E-state index in [1.54, 1.807) is 55.5 Å². The number of para-hydroxylation sites is 1. The molecule has 0 bridgehead atoms. The fourth-order valence-electron chi connectivity index (χ4n) is 4.13. The van der Waals surface area contributed by atoms with Crippen LogP contribution in [-0.2, 0) is 9.59 Å². The highest BCUT2D eigenvalue weighted by Gasteiger charge is 2.60. The van der Waals surface area contributed by atoms with E-state index < -0.39 is 11.6 Å². The van der Waals surface area contributed by atoms with Gasteiger partial charge in [-0.05, 0) is 36.8 Å². The Hall–Kier alpha value is -3.12. The predicted octanol–water partition coefficient (Wildman–Crippen LogP) is 3.75. The van der Waals surface area contributed by atoms with Crippen LogP contribution >= 0.6 is 11.6 Å². The van der Waals surface area contributed by atoms with Gasteiger partial charge < -0.3 is 10.2 Å². The van der Waals surface area contributed by atoms with Crippen molar-refractivity contribution in [2.45, 2.75) is 25.4 Å². The summed E-state index contributed by atoms with van der Waals surface area (Å²) in [5.41, 5.74) is 0.657. The van der Waals surface area contributed by atoms with Gasteiger partial charge in [-0.15, -0.1) is 6.58 Å². The highest BCUT2D eigenvalue weighted by molar-refractivity contribution is 6.31. The summed E-state index contributed by atoms with van der Waals surface area (Å²) in [6.45, 7) is 5.67. The topological polar surface area (TPSA) is 69.7 Å².